The van der Waals surface area contributed by atoms with E-state index in [1.807, 2.05) is 25.1 Å². The average Bonchev–Trinajstić information content (AvgIpc) is 3.33. The molecule has 0 saturated carbocycles. The highest BCUT2D eigenvalue weighted by Gasteiger charge is 2.28. The molecule has 1 aliphatic heterocycles. The molecule has 9 nitrogen and oxygen atoms in total. The normalized spacial score (nSPS) is 13.8. The molecule has 0 bridgehead atoms. The van der Waals surface area contributed by atoms with Gasteiger partial charge in [-0.3, -0.25) is 9.59 Å². The smallest absolute Gasteiger partial charge is 0.308 e. The standard InChI is InChI=1S/C26H26N6O3/c1-18-22(16-20-8-4-3-5-9-20)24(32-26(29-18)27-17-28-32)30-12-14-31(15-13-30)25(34)21-10-6-7-11-23(21)35-19(2)33/h3-11,17H,12-16H2,1-2H3. The van der Waals surface area contributed by atoms with Crippen molar-refractivity contribution in [1.82, 2.24) is 24.5 Å². The number of piperazine rings is 1. The van der Waals surface area contributed by atoms with Gasteiger partial charge < -0.3 is 14.5 Å². The Morgan fingerprint density at radius 2 is 1.69 bits per heavy atom. The number of rotatable bonds is 5. The van der Waals surface area contributed by atoms with Crippen LogP contribution in [0.3, 0.4) is 0 Å². The Hall–Kier alpha value is -4.27. The Balaban J connectivity index is 1.41. The van der Waals surface area contributed by atoms with Gasteiger partial charge in [0.05, 0.1) is 5.56 Å². The summed E-state index contributed by atoms with van der Waals surface area (Å²) in [4.78, 5) is 37.7. The number of ether oxygens (including phenoxy) is 1. The summed E-state index contributed by atoms with van der Waals surface area (Å²) in [5.41, 5.74) is 3.58. The van der Waals surface area contributed by atoms with Crippen molar-refractivity contribution in [3.05, 3.63) is 83.3 Å². The van der Waals surface area contributed by atoms with Crippen LogP contribution in [0.1, 0.15) is 34.1 Å². The van der Waals surface area contributed by atoms with Gasteiger partial charge in [-0.1, -0.05) is 42.5 Å². The molecule has 9 heteroatoms. The molecule has 0 unspecified atom stereocenters. The van der Waals surface area contributed by atoms with Crippen molar-refractivity contribution in [2.45, 2.75) is 20.3 Å². The molecule has 3 heterocycles. The molecule has 2 aromatic carbocycles. The molecule has 0 aliphatic carbocycles. The third kappa shape index (κ3) is 4.57. The molecule has 178 valence electrons. The van der Waals surface area contributed by atoms with E-state index in [0.717, 1.165) is 23.5 Å². The number of nitrogens with zero attached hydrogens (tertiary/aromatic N) is 6. The Kier molecular flexibility index (Phi) is 6.13. The molecule has 0 N–H and O–H groups in total. The molecule has 35 heavy (non-hydrogen) atoms. The van der Waals surface area contributed by atoms with Crippen molar-refractivity contribution in [1.29, 1.82) is 0 Å². The van der Waals surface area contributed by atoms with E-state index in [4.69, 9.17) is 4.74 Å². The van der Waals surface area contributed by atoms with E-state index in [1.54, 1.807) is 33.7 Å². The molecule has 5 rings (SSSR count). The van der Waals surface area contributed by atoms with Crippen LogP contribution in [0.2, 0.25) is 0 Å². The summed E-state index contributed by atoms with van der Waals surface area (Å²) >= 11 is 0. The maximum Gasteiger partial charge on any atom is 0.308 e. The zero-order chi connectivity index (χ0) is 24.4. The molecule has 2 aromatic heterocycles. The monoisotopic (exact) mass is 470 g/mol. The van der Waals surface area contributed by atoms with Crippen molar-refractivity contribution in [3.63, 3.8) is 0 Å². The van der Waals surface area contributed by atoms with Gasteiger partial charge in [-0.2, -0.15) is 14.6 Å². The van der Waals surface area contributed by atoms with Crippen LogP contribution < -0.4 is 9.64 Å². The zero-order valence-electron chi connectivity index (χ0n) is 19.7. The minimum atomic E-state index is -0.453. The van der Waals surface area contributed by atoms with Gasteiger partial charge in [0, 0.05) is 50.8 Å². The minimum absolute atomic E-state index is 0.150. The van der Waals surface area contributed by atoms with Crippen molar-refractivity contribution in [2.75, 3.05) is 31.1 Å². The van der Waals surface area contributed by atoms with E-state index >= 15 is 0 Å². The number of para-hydroxylation sites is 1. The lowest BCUT2D eigenvalue weighted by molar-refractivity contribution is -0.131. The number of amides is 1. The fraction of sp³-hybridized carbons (Fsp3) is 0.269. The maximum absolute atomic E-state index is 13.3. The SMILES string of the molecule is CC(=O)Oc1ccccc1C(=O)N1CCN(c2c(Cc3ccccc3)c(C)nc3ncnn23)CC1. The molecular formula is C26H26N6O3. The fourth-order valence-electron chi connectivity index (χ4n) is 4.48. The molecule has 1 aliphatic rings. The van der Waals surface area contributed by atoms with E-state index in [1.165, 1.54) is 18.8 Å². The first-order valence-corrected chi connectivity index (χ1v) is 11.6. The van der Waals surface area contributed by atoms with Crippen LogP contribution in [0, 0.1) is 6.92 Å². The van der Waals surface area contributed by atoms with Crippen LogP contribution in [0.4, 0.5) is 5.82 Å². The number of hydrogen-bond acceptors (Lipinski definition) is 7. The Labute approximate surface area is 203 Å². The molecule has 4 aromatic rings. The lowest BCUT2D eigenvalue weighted by Gasteiger charge is -2.37. The second-order valence-corrected chi connectivity index (χ2v) is 8.50. The Morgan fingerprint density at radius 3 is 2.43 bits per heavy atom. The number of aromatic nitrogens is 4. The minimum Gasteiger partial charge on any atom is -0.426 e. The van der Waals surface area contributed by atoms with Gasteiger partial charge in [0.1, 0.15) is 17.9 Å². The third-order valence-corrected chi connectivity index (χ3v) is 6.17. The lowest BCUT2D eigenvalue weighted by Crippen LogP contribution is -2.49. The summed E-state index contributed by atoms with van der Waals surface area (Å²) in [5.74, 6) is 1.20. The van der Waals surface area contributed by atoms with Gasteiger partial charge in [-0.15, -0.1) is 0 Å². The van der Waals surface area contributed by atoms with Gasteiger partial charge >= 0.3 is 5.97 Å². The number of carbonyl (C=O) groups is 2. The van der Waals surface area contributed by atoms with Crippen LogP contribution in [-0.2, 0) is 11.2 Å². The Bertz CT molecular complexity index is 1380. The molecular weight excluding hydrogens is 444 g/mol. The quantitative estimate of drug-likeness (QED) is 0.327. The lowest BCUT2D eigenvalue weighted by atomic mass is 10.0. The van der Waals surface area contributed by atoms with Crippen LogP contribution in [0.25, 0.3) is 5.78 Å². The number of esters is 1. The summed E-state index contributed by atoms with van der Waals surface area (Å²) in [6, 6.07) is 17.1. The van der Waals surface area contributed by atoms with Gasteiger partial charge in [0.25, 0.3) is 11.7 Å². The first-order valence-electron chi connectivity index (χ1n) is 11.6. The van der Waals surface area contributed by atoms with Crippen LogP contribution in [0.15, 0.2) is 60.9 Å². The molecule has 1 saturated heterocycles. The summed E-state index contributed by atoms with van der Waals surface area (Å²) in [7, 11) is 0. The van der Waals surface area contributed by atoms with Crippen LogP contribution in [-0.4, -0.2) is 62.5 Å². The first kappa shape index (κ1) is 22.5. The number of anilines is 1. The van der Waals surface area contributed by atoms with E-state index in [9.17, 15) is 9.59 Å². The predicted molar refractivity (Wildman–Crippen MR) is 131 cm³/mol. The van der Waals surface area contributed by atoms with Gasteiger partial charge in [-0.25, -0.2) is 4.98 Å². The number of hydrogen-bond donors (Lipinski definition) is 0. The van der Waals surface area contributed by atoms with E-state index in [2.05, 4.69) is 32.1 Å². The zero-order valence-corrected chi connectivity index (χ0v) is 19.7. The number of carbonyl (C=O) groups excluding carboxylic acids is 2. The molecule has 0 spiro atoms. The van der Waals surface area contributed by atoms with E-state index in [0.29, 0.717) is 37.5 Å². The number of fused-ring (bicyclic) bond motifs is 1. The fourth-order valence-corrected chi connectivity index (χ4v) is 4.48. The van der Waals surface area contributed by atoms with Crippen molar-refractivity contribution >= 4 is 23.5 Å². The molecule has 0 radical (unpaired) electrons. The second kappa shape index (κ2) is 9.54. The van der Waals surface area contributed by atoms with Crippen molar-refractivity contribution in [3.8, 4) is 5.75 Å². The van der Waals surface area contributed by atoms with Crippen molar-refractivity contribution in [2.24, 2.45) is 0 Å². The highest BCUT2D eigenvalue weighted by molar-refractivity contribution is 5.97. The van der Waals surface area contributed by atoms with Gasteiger partial charge in [-0.05, 0) is 24.6 Å². The summed E-state index contributed by atoms with van der Waals surface area (Å²) in [6.07, 6.45) is 2.24. The van der Waals surface area contributed by atoms with E-state index < -0.39 is 5.97 Å². The first-order chi connectivity index (χ1) is 17.0. The summed E-state index contributed by atoms with van der Waals surface area (Å²) < 4.78 is 7.04. The van der Waals surface area contributed by atoms with Gasteiger partial charge in [0.2, 0.25) is 0 Å². The van der Waals surface area contributed by atoms with Crippen LogP contribution in [0.5, 0.6) is 5.75 Å². The number of aryl methyl sites for hydroxylation is 1. The van der Waals surface area contributed by atoms with Crippen molar-refractivity contribution < 1.29 is 14.3 Å². The molecule has 1 amide bonds. The summed E-state index contributed by atoms with van der Waals surface area (Å²) in [5, 5.41) is 4.45. The second-order valence-electron chi connectivity index (χ2n) is 8.50. The molecule has 1 fully saturated rings. The maximum atomic E-state index is 13.3. The topological polar surface area (TPSA) is 92.9 Å². The highest BCUT2D eigenvalue weighted by Crippen LogP contribution is 2.28. The van der Waals surface area contributed by atoms with Gasteiger partial charge in [0.15, 0.2) is 0 Å². The molecule has 0 atom stereocenters. The van der Waals surface area contributed by atoms with Crippen LogP contribution >= 0.6 is 0 Å². The predicted octanol–water partition coefficient (Wildman–Crippen LogP) is 2.91. The number of benzene rings is 2. The highest BCUT2D eigenvalue weighted by atomic mass is 16.5. The van der Waals surface area contributed by atoms with E-state index in [-0.39, 0.29) is 11.7 Å². The summed E-state index contributed by atoms with van der Waals surface area (Å²) in [6.45, 7) is 5.63. The third-order valence-electron chi connectivity index (χ3n) is 6.17. The largest absolute Gasteiger partial charge is 0.426 e. The Morgan fingerprint density at radius 1 is 0.971 bits per heavy atom. The average molecular weight is 471 g/mol.